The van der Waals surface area contributed by atoms with Gasteiger partial charge in [-0.25, -0.2) is 8.42 Å². The van der Waals surface area contributed by atoms with E-state index < -0.39 is 28.5 Å². The summed E-state index contributed by atoms with van der Waals surface area (Å²) in [4.78, 5) is 27.8. The molecule has 3 rings (SSSR count). The molecule has 7 nitrogen and oxygen atoms in total. The molecule has 1 N–H and O–H groups in total. The first-order valence-corrected chi connectivity index (χ1v) is 13.3. The summed E-state index contributed by atoms with van der Waals surface area (Å²) in [6.07, 6.45) is 0. The molecular formula is C27H30ClN3O4S. The molecular weight excluding hydrogens is 498 g/mol. The van der Waals surface area contributed by atoms with E-state index >= 15 is 0 Å². The summed E-state index contributed by atoms with van der Waals surface area (Å²) in [5, 5.41) is 2.92. The van der Waals surface area contributed by atoms with Gasteiger partial charge in [0.2, 0.25) is 11.8 Å². The van der Waals surface area contributed by atoms with E-state index in [1.165, 1.54) is 30.1 Å². The van der Waals surface area contributed by atoms with Crippen LogP contribution in [0.1, 0.15) is 23.6 Å². The Labute approximate surface area is 217 Å². The van der Waals surface area contributed by atoms with Gasteiger partial charge in [-0.15, -0.1) is 0 Å². The number of carbonyl (C=O) groups is 2. The van der Waals surface area contributed by atoms with Gasteiger partial charge in [0.25, 0.3) is 10.0 Å². The fourth-order valence-electron chi connectivity index (χ4n) is 3.85. The van der Waals surface area contributed by atoms with E-state index in [0.717, 1.165) is 15.4 Å². The van der Waals surface area contributed by atoms with Crippen LogP contribution in [0.3, 0.4) is 0 Å². The lowest BCUT2D eigenvalue weighted by Crippen LogP contribution is -2.50. The van der Waals surface area contributed by atoms with Gasteiger partial charge in [0.05, 0.1) is 10.6 Å². The van der Waals surface area contributed by atoms with Gasteiger partial charge < -0.3 is 10.2 Å². The van der Waals surface area contributed by atoms with E-state index in [9.17, 15) is 18.0 Å². The molecule has 0 radical (unpaired) electrons. The Morgan fingerprint density at radius 1 is 0.944 bits per heavy atom. The number of aryl methyl sites for hydroxylation is 2. The molecule has 0 aliphatic heterocycles. The number of anilines is 1. The van der Waals surface area contributed by atoms with E-state index in [-0.39, 0.29) is 17.3 Å². The minimum atomic E-state index is -4.13. The molecule has 3 aromatic rings. The molecule has 0 spiro atoms. The van der Waals surface area contributed by atoms with Crippen molar-refractivity contribution in [2.45, 2.75) is 38.3 Å². The smallest absolute Gasteiger partial charge is 0.264 e. The van der Waals surface area contributed by atoms with Crippen LogP contribution in [0.5, 0.6) is 0 Å². The molecule has 190 valence electrons. The Kier molecular flexibility index (Phi) is 8.76. The lowest BCUT2D eigenvalue weighted by atomic mass is 10.1. The van der Waals surface area contributed by atoms with Gasteiger partial charge in [0.15, 0.2) is 0 Å². The Bertz CT molecular complexity index is 1350. The number of benzene rings is 3. The quantitative estimate of drug-likeness (QED) is 0.449. The zero-order chi connectivity index (χ0) is 26.5. The molecule has 0 bridgehead atoms. The summed E-state index contributed by atoms with van der Waals surface area (Å²) in [7, 11) is -2.63. The summed E-state index contributed by atoms with van der Waals surface area (Å²) in [6, 6.07) is 19.5. The second-order valence-corrected chi connectivity index (χ2v) is 10.8. The lowest BCUT2D eigenvalue weighted by Gasteiger charge is -2.32. The maximum absolute atomic E-state index is 13.8. The minimum Gasteiger partial charge on any atom is -0.357 e. The molecule has 3 aromatic carbocycles. The molecule has 0 saturated carbocycles. The van der Waals surface area contributed by atoms with Crippen molar-refractivity contribution in [3.05, 3.63) is 94.5 Å². The van der Waals surface area contributed by atoms with Crippen LogP contribution in [0.2, 0.25) is 5.02 Å². The predicted octanol–water partition coefficient (Wildman–Crippen LogP) is 4.32. The molecule has 0 aliphatic carbocycles. The lowest BCUT2D eigenvalue weighted by molar-refractivity contribution is -0.139. The number of likely N-dealkylation sites (N-methyl/N-ethyl adjacent to an activating group) is 1. The van der Waals surface area contributed by atoms with Crippen LogP contribution in [0, 0.1) is 13.8 Å². The summed E-state index contributed by atoms with van der Waals surface area (Å²) in [5.74, 6) is -0.874. The highest BCUT2D eigenvalue weighted by Gasteiger charge is 2.33. The highest BCUT2D eigenvalue weighted by molar-refractivity contribution is 7.92. The van der Waals surface area contributed by atoms with Gasteiger partial charge in [-0.3, -0.25) is 13.9 Å². The number of hydrogen-bond acceptors (Lipinski definition) is 4. The van der Waals surface area contributed by atoms with Gasteiger partial charge >= 0.3 is 0 Å². The van der Waals surface area contributed by atoms with E-state index in [4.69, 9.17) is 11.6 Å². The third kappa shape index (κ3) is 6.06. The number of carbonyl (C=O) groups excluding carboxylic acids is 2. The molecule has 1 unspecified atom stereocenters. The Hall–Kier alpha value is -3.36. The monoisotopic (exact) mass is 527 g/mol. The molecule has 36 heavy (non-hydrogen) atoms. The molecule has 0 aliphatic rings. The molecule has 2 amide bonds. The minimum absolute atomic E-state index is 0.0435. The fraction of sp³-hybridized carbons (Fsp3) is 0.259. The number of amides is 2. The highest BCUT2D eigenvalue weighted by atomic mass is 35.5. The topological polar surface area (TPSA) is 86.8 Å². The van der Waals surface area contributed by atoms with Crippen molar-refractivity contribution in [1.29, 1.82) is 0 Å². The second-order valence-electron chi connectivity index (χ2n) is 8.49. The number of rotatable bonds is 9. The van der Waals surface area contributed by atoms with Gasteiger partial charge in [-0.2, -0.15) is 0 Å². The van der Waals surface area contributed by atoms with Gasteiger partial charge in [-0.1, -0.05) is 60.1 Å². The number of hydrogen-bond donors (Lipinski definition) is 1. The van der Waals surface area contributed by atoms with Gasteiger partial charge in [-0.05, 0) is 61.7 Å². The number of sulfonamides is 1. The summed E-state index contributed by atoms with van der Waals surface area (Å²) in [6.45, 7) is 4.93. The van der Waals surface area contributed by atoms with E-state index in [1.54, 1.807) is 44.2 Å². The first kappa shape index (κ1) is 27.2. The van der Waals surface area contributed by atoms with Crippen LogP contribution in [0.25, 0.3) is 0 Å². The number of nitrogens with one attached hydrogen (secondary N) is 1. The van der Waals surface area contributed by atoms with Crippen molar-refractivity contribution >= 4 is 39.1 Å². The van der Waals surface area contributed by atoms with Crippen molar-refractivity contribution in [1.82, 2.24) is 10.2 Å². The largest absolute Gasteiger partial charge is 0.357 e. The van der Waals surface area contributed by atoms with Gasteiger partial charge in [0, 0.05) is 18.6 Å². The van der Waals surface area contributed by atoms with Crippen LogP contribution in [0.15, 0.2) is 77.7 Å². The fourth-order valence-corrected chi connectivity index (χ4v) is 5.50. The van der Waals surface area contributed by atoms with Gasteiger partial charge in [0.1, 0.15) is 12.6 Å². The Balaban J connectivity index is 2.08. The van der Waals surface area contributed by atoms with Crippen molar-refractivity contribution in [2.75, 3.05) is 17.9 Å². The second kappa shape index (κ2) is 11.6. The standard InChI is InChI=1S/C27H30ClN3O4S/c1-19-10-8-9-11-22(19)17-30(21(3)27(33)29-4)26(32)18-31(25-16-23(28)15-14-20(25)2)36(34,35)24-12-6-5-7-13-24/h5-16,21H,17-18H2,1-4H3,(H,29,33). The Morgan fingerprint density at radius 2 is 1.58 bits per heavy atom. The first-order valence-electron chi connectivity index (χ1n) is 11.5. The molecule has 1 atom stereocenters. The molecule has 0 fully saturated rings. The highest BCUT2D eigenvalue weighted by Crippen LogP contribution is 2.30. The van der Waals surface area contributed by atoms with Crippen molar-refractivity contribution in [2.24, 2.45) is 0 Å². The maximum atomic E-state index is 13.8. The summed E-state index contributed by atoms with van der Waals surface area (Å²) >= 11 is 6.22. The van der Waals surface area contributed by atoms with Crippen LogP contribution in [-0.4, -0.2) is 44.8 Å². The third-order valence-corrected chi connectivity index (χ3v) is 8.07. The van der Waals surface area contributed by atoms with E-state index in [0.29, 0.717) is 16.3 Å². The van der Waals surface area contributed by atoms with E-state index in [1.807, 2.05) is 31.2 Å². The van der Waals surface area contributed by atoms with Crippen LogP contribution in [-0.2, 0) is 26.2 Å². The molecule has 0 heterocycles. The van der Waals surface area contributed by atoms with Crippen molar-refractivity contribution in [3.63, 3.8) is 0 Å². The SMILES string of the molecule is CNC(=O)C(C)N(Cc1ccccc1C)C(=O)CN(c1cc(Cl)ccc1C)S(=O)(=O)c1ccccc1. The first-order chi connectivity index (χ1) is 17.1. The molecule has 0 aromatic heterocycles. The van der Waals surface area contributed by atoms with E-state index in [2.05, 4.69) is 5.32 Å². The summed E-state index contributed by atoms with van der Waals surface area (Å²) < 4.78 is 28.6. The number of halogens is 1. The van der Waals surface area contributed by atoms with Crippen LogP contribution in [0.4, 0.5) is 5.69 Å². The normalized spacial score (nSPS) is 12.0. The number of nitrogens with zero attached hydrogens (tertiary/aromatic N) is 2. The zero-order valence-corrected chi connectivity index (χ0v) is 22.3. The molecule has 0 saturated heterocycles. The maximum Gasteiger partial charge on any atom is 0.264 e. The predicted molar refractivity (Wildman–Crippen MR) is 142 cm³/mol. The average Bonchev–Trinajstić information content (AvgIpc) is 2.87. The third-order valence-electron chi connectivity index (χ3n) is 6.07. The van der Waals surface area contributed by atoms with Crippen molar-refractivity contribution < 1.29 is 18.0 Å². The van der Waals surface area contributed by atoms with Crippen LogP contribution < -0.4 is 9.62 Å². The average molecular weight is 528 g/mol. The Morgan fingerprint density at radius 3 is 2.22 bits per heavy atom. The summed E-state index contributed by atoms with van der Waals surface area (Å²) in [5.41, 5.74) is 2.75. The van der Waals surface area contributed by atoms with Crippen molar-refractivity contribution in [3.8, 4) is 0 Å². The molecule has 9 heteroatoms. The van der Waals surface area contributed by atoms with Crippen LogP contribution >= 0.6 is 11.6 Å². The zero-order valence-electron chi connectivity index (χ0n) is 20.7.